The van der Waals surface area contributed by atoms with Gasteiger partial charge in [-0.15, -0.1) is 6.58 Å². The topological polar surface area (TPSA) is 55.2 Å². The lowest BCUT2D eigenvalue weighted by Gasteiger charge is -2.12. The van der Waals surface area contributed by atoms with E-state index >= 15 is 0 Å². The first-order valence-corrected chi connectivity index (χ1v) is 4.74. The molecule has 1 unspecified atom stereocenters. The number of rotatable bonds is 5. The Morgan fingerprint density at radius 2 is 2.27 bits per heavy atom. The number of nitrogens with zero attached hydrogens (tertiary/aromatic N) is 1. The minimum Gasteiger partial charge on any atom is -0.306 e. The van der Waals surface area contributed by atoms with Crippen molar-refractivity contribution < 1.29 is 4.92 Å². The van der Waals surface area contributed by atoms with Gasteiger partial charge in [-0.1, -0.05) is 24.3 Å². The molecule has 0 saturated carbocycles. The van der Waals surface area contributed by atoms with Gasteiger partial charge in [0.2, 0.25) is 0 Å². The van der Waals surface area contributed by atoms with E-state index in [1.165, 1.54) is 6.07 Å². The number of nitro benzene ring substituents is 1. The Labute approximate surface area is 88.8 Å². The van der Waals surface area contributed by atoms with E-state index in [-0.39, 0.29) is 16.7 Å². The molecule has 1 aromatic rings. The van der Waals surface area contributed by atoms with E-state index < -0.39 is 0 Å². The van der Waals surface area contributed by atoms with Crippen LogP contribution in [-0.4, -0.2) is 11.5 Å². The Kier molecular flexibility index (Phi) is 4.00. The van der Waals surface area contributed by atoms with Gasteiger partial charge in [-0.05, 0) is 6.92 Å². The molecule has 0 aliphatic carbocycles. The molecule has 0 amide bonds. The van der Waals surface area contributed by atoms with Crippen LogP contribution in [0, 0.1) is 10.1 Å². The average molecular weight is 206 g/mol. The predicted molar refractivity (Wildman–Crippen MR) is 59.7 cm³/mol. The Bertz CT molecular complexity index is 363. The van der Waals surface area contributed by atoms with Crippen LogP contribution in [0.25, 0.3) is 0 Å². The fourth-order valence-corrected chi connectivity index (χ4v) is 1.39. The minimum atomic E-state index is -0.360. The van der Waals surface area contributed by atoms with Crippen molar-refractivity contribution in [1.29, 1.82) is 0 Å². The molecule has 0 spiro atoms. The van der Waals surface area contributed by atoms with Crippen molar-refractivity contribution in [2.24, 2.45) is 0 Å². The second-order valence-electron chi connectivity index (χ2n) is 3.23. The van der Waals surface area contributed by atoms with Crippen molar-refractivity contribution in [2.75, 3.05) is 6.54 Å². The third kappa shape index (κ3) is 2.89. The normalized spacial score (nSPS) is 12.1. The molecule has 0 aliphatic rings. The highest BCUT2D eigenvalue weighted by Crippen LogP contribution is 2.23. The first-order chi connectivity index (χ1) is 7.16. The monoisotopic (exact) mass is 206 g/mol. The van der Waals surface area contributed by atoms with E-state index in [1.807, 2.05) is 6.92 Å². The Hall–Kier alpha value is -1.68. The fraction of sp³-hybridized carbons (Fsp3) is 0.273. The van der Waals surface area contributed by atoms with Crippen LogP contribution in [0.1, 0.15) is 18.5 Å². The zero-order chi connectivity index (χ0) is 11.3. The van der Waals surface area contributed by atoms with E-state index in [0.717, 1.165) is 0 Å². The minimum absolute atomic E-state index is 0.0513. The van der Waals surface area contributed by atoms with Gasteiger partial charge in [0, 0.05) is 24.2 Å². The zero-order valence-corrected chi connectivity index (χ0v) is 8.64. The highest BCUT2D eigenvalue weighted by molar-refractivity contribution is 5.41. The van der Waals surface area contributed by atoms with Gasteiger partial charge >= 0.3 is 0 Å². The largest absolute Gasteiger partial charge is 0.306 e. The molecule has 80 valence electrons. The maximum Gasteiger partial charge on any atom is 0.274 e. The van der Waals surface area contributed by atoms with Crippen molar-refractivity contribution in [2.45, 2.75) is 13.0 Å². The third-order valence-electron chi connectivity index (χ3n) is 2.17. The van der Waals surface area contributed by atoms with Gasteiger partial charge in [0.15, 0.2) is 0 Å². The Morgan fingerprint density at radius 1 is 1.60 bits per heavy atom. The summed E-state index contributed by atoms with van der Waals surface area (Å²) >= 11 is 0. The lowest BCUT2D eigenvalue weighted by atomic mass is 10.1. The molecule has 1 rings (SSSR count). The van der Waals surface area contributed by atoms with Gasteiger partial charge in [0.1, 0.15) is 0 Å². The summed E-state index contributed by atoms with van der Waals surface area (Å²) in [5, 5.41) is 13.9. The van der Waals surface area contributed by atoms with Gasteiger partial charge in [0.05, 0.1) is 4.92 Å². The van der Waals surface area contributed by atoms with Crippen LogP contribution in [0.15, 0.2) is 36.9 Å². The molecule has 0 radical (unpaired) electrons. The maximum atomic E-state index is 10.8. The lowest BCUT2D eigenvalue weighted by molar-refractivity contribution is -0.385. The molecule has 0 bridgehead atoms. The number of benzene rings is 1. The van der Waals surface area contributed by atoms with E-state index in [0.29, 0.717) is 12.1 Å². The summed E-state index contributed by atoms with van der Waals surface area (Å²) in [5.41, 5.74) is 0.853. The highest BCUT2D eigenvalue weighted by Gasteiger charge is 2.16. The third-order valence-corrected chi connectivity index (χ3v) is 2.17. The van der Waals surface area contributed by atoms with Crippen LogP contribution >= 0.6 is 0 Å². The molecule has 0 aliphatic heterocycles. The van der Waals surface area contributed by atoms with Crippen molar-refractivity contribution in [1.82, 2.24) is 5.32 Å². The molecule has 1 aromatic carbocycles. The number of hydrogen-bond acceptors (Lipinski definition) is 3. The van der Waals surface area contributed by atoms with Crippen LogP contribution in [0.5, 0.6) is 0 Å². The summed E-state index contributed by atoms with van der Waals surface area (Å²) in [6, 6.07) is 6.70. The second kappa shape index (κ2) is 5.26. The Balaban J connectivity index is 2.91. The molecule has 4 nitrogen and oxygen atoms in total. The molecule has 4 heteroatoms. The maximum absolute atomic E-state index is 10.8. The van der Waals surface area contributed by atoms with Crippen LogP contribution < -0.4 is 5.32 Å². The molecule has 0 heterocycles. The predicted octanol–water partition coefficient (Wildman–Crippen LogP) is 2.43. The summed E-state index contributed by atoms with van der Waals surface area (Å²) < 4.78 is 0. The van der Waals surface area contributed by atoms with Gasteiger partial charge in [-0.3, -0.25) is 10.1 Å². The van der Waals surface area contributed by atoms with Crippen molar-refractivity contribution in [3.63, 3.8) is 0 Å². The van der Waals surface area contributed by atoms with Crippen LogP contribution in [-0.2, 0) is 0 Å². The quantitative estimate of drug-likeness (QED) is 0.457. The van der Waals surface area contributed by atoms with Crippen molar-refractivity contribution >= 4 is 5.69 Å². The van der Waals surface area contributed by atoms with Crippen molar-refractivity contribution in [3.05, 3.63) is 52.6 Å². The fourth-order valence-electron chi connectivity index (χ4n) is 1.39. The second-order valence-corrected chi connectivity index (χ2v) is 3.23. The molecule has 0 aromatic heterocycles. The number of hydrogen-bond donors (Lipinski definition) is 1. The Morgan fingerprint density at radius 3 is 2.87 bits per heavy atom. The average Bonchev–Trinajstić information content (AvgIpc) is 2.25. The van der Waals surface area contributed by atoms with Crippen LogP contribution in [0.2, 0.25) is 0 Å². The first-order valence-electron chi connectivity index (χ1n) is 4.74. The van der Waals surface area contributed by atoms with Gasteiger partial charge < -0.3 is 5.32 Å². The van der Waals surface area contributed by atoms with E-state index in [9.17, 15) is 10.1 Å². The lowest BCUT2D eigenvalue weighted by Crippen LogP contribution is -2.19. The molecule has 1 atom stereocenters. The van der Waals surface area contributed by atoms with E-state index in [4.69, 9.17) is 0 Å². The smallest absolute Gasteiger partial charge is 0.274 e. The van der Waals surface area contributed by atoms with Gasteiger partial charge in [-0.2, -0.15) is 0 Å². The summed E-state index contributed by atoms with van der Waals surface area (Å²) in [6.07, 6.45) is 1.73. The molecule has 15 heavy (non-hydrogen) atoms. The van der Waals surface area contributed by atoms with Crippen LogP contribution in [0.3, 0.4) is 0 Å². The first kappa shape index (κ1) is 11.4. The number of nitro groups is 1. The summed E-state index contributed by atoms with van der Waals surface area (Å²) in [5.74, 6) is 0. The van der Waals surface area contributed by atoms with Gasteiger partial charge in [-0.25, -0.2) is 0 Å². The highest BCUT2D eigenvalue weighted by atomic mass is 16.6. The molecule has 0 fully saturated rings. The summed E-state index contributed by atoms with van der Waals surface area (Å²) in [4.78, 5) is 10.4. The number of para-hydroxylation sites is 1. The zero-order valence-electron chi connectivity index (χ0n) is 8.64. The van der Waals surface area contributed by atoms with Crippen LogP contribution in [0.4, 0.5) is 5.69 Å². The molecular formula is C11H14N2O2. The summed E-state index contributed by atoms with van der Waals surface area (Å²) in [6.45, 7) is 6.11. The molecular weight excluding hydrogens is 192 g/mol. The summed E-state index contributed by atoms with van der Waals surface area (Å²) in [7, 11) is 0. The number of nitrogens with one attached hydrogen (secondary N) is 1. The van der Waals surface area contributed by atoms with E-state index in [2.05, 4.69) is 11.9 Å². The van der Waals surface area contributed by atoms with Crippen molar-refractivity contribution in [3.8, 4) is 0 Å². The molecule has 0 saturated heterocycles. The molecule has 1 N–H and O–H groups in total. The standard InChI is InChI=1S/C11H14N2O2/c1-3-8-12-9(2)10-6-4-5-7-11(10)13(14)15/h3-7,9,12H,1,8H2,2H3. The SMILES string of the molecule is C=CCNC(C)c1ccccc1[N+](=O)[O-]. The van der Waals surface area contributed by atoms with Gasteiger partial charge in [0.25, 0.3) is 5.69 Å². The van der Waals surface area contributed by atoms with E-state index in [1.54, 1.807) is 24.3 Å².